The summed E-state index contributed by atoms with van der Waals surface area (Å²) >= 11 is 12.1. The zero-order valence-electron chi connectivity index (χ0n) is 18.1. The normalized spacial score (nSPS) is 18.9. The van der Waals surface area contributed by atoms with E-state index in [0.717, 1.165) is 11.1 Å². The Bertz CT molecular complexity index is 1160. The van der Waals surface area contributed by atoms with E-state index in [1.54, 1.807) is 0 Å². The van der Waals surface area contributed by atoms with E-state index in [9.17, 15) is 9.59 Å². The highest BCUT2D eigenvalue weighted by molar-refractivity contribution is 6.42. The molecular formula is C23H27Cl2N5O2. The number of amides is 1. The lowest BCUT2D eigenvalue weighted by atomic mass is 9.90. The van der Waals surface area contributed by atoms with Crippen LogP contribution in [0.5, 0.6) is 0 Å². The van der Waals surface area contributed by atoms with E-state index in [-0.39, 0.29) is 5.02 Å². The Morgan fingerprint density at radius 3 is 2.44 bits per heavy atom. The minimum Gasteiger partial charge on any atom is -0.317 e. The van der Waals surface area contributed by atoms with Crippen LogP contribution in [-0.2, 0) is 6.54 Å². The Morgan fingerprint density at radius 2 is 1.78 bits per heavy atom. The first kappa shape index (κ1) is 22.9. The molecule has 4 rings (SSSR count). The highest BCUT2D eigenvalue weighted by atomic mass is 35.5. The maximum Gasteiger partial charge on any atom is 0.334 e. The van der Waals surface area contributed by atoms with Crippen molar-refractivity contribution in [2.24, 2.45) is 0 Å². The van der Waals surface area contributed by atoms with Crippen molar-refractivity contribution >= 4 is 46.0 Å². The van der Waals surface area contributed by atoms with Gasteiger partial charge in [0.15, 0.2) is 0 Å². The molecule has 2 aromatic carbocycles. The standard InChI is InChI=1S/C23H27Cl2N5O2/c1-26-15-7-9-17(10-8-15)29(2)13-14-3-5-16(6-4-14)27-22(31)30-21-12-19(25)18(24)11-20(21)28-23(30)32/h3-6,11-12,15,17,26H,7-10,13H2,1-2H3,(H,27,31)(H,28,32). The molecule has 1 heterocycles. The molecule has 170 valence electrons. The van der Waals surface area contributed by atoms with Crippen molar-refractivity contribution < 1.29 is 4.79 Å². The van der Waals surface area contributed by atoms with Gasteiger partial charge >= 0.3 is 11.7 Å². The largest absolute Gasteiger partial charge is 0.334 e. The number of hydrogen-bond donors (Lipinski definition) is 3. The van der Waals surface area contributed by atoms with Gasteiger partial charge in [0.05, 0.1) is 21.1 Å². The molecule has 32 heavy (non-hydrogen) atoms. The molecule has 1 aromatic heterocycles. The van der Waals surface area contributed by atoms with Gasteiger partial charge < -0.3 is 15.6 Å². The minimum absolute atomic E-state index is 0.271. The Kier molecular flexibility index (Phi) is 6.90. The monoisotopic (exact) mass is 475 g/mol. The van der Waals surface area contributed by atoms with Crippen molar-refractivity contribution in [1.29, 1.82) is 0 Å². The number of H-pyrrole nitrogens is 1. The Labute approximate surface area is 196 Å². The molecule has 0 unspecified atom stereocenters. The van der Waals surface area contributed by atoms with Gasteiger partial charge in [0.1, 0.15) is 0 Å². The first-order valence-corrected chi connectivity index (χ1v) is 11.5. The summed E-state index contributed by atoms with van der Waals surface area (Å²) in [6.45, 7) is 0.851. The van der Waals surface area contributed by atoms with Gasteiger partial charge in [0.2, 0.25) is 0 Å². The van der Waals surface area contributed by atoms with Crippen LogP contribution in [0.3, 0.4) is 0 Å². The number of halogens is 2. The molecule has 1 aliphatic rings. The lowest BCUT2D eigenvalue weighted by molar-refractivity contribution is 0.170. The molecule has 7 nitrogen and oxygen atoms in total. The van der Waals surface area contributed by atoms with E-state index < -0.39 is 11.7 Å². The highest BCUT2D eigenvalue weighted by Crippen LogP contribution is 2.27. The Hall–Kier alpha value is -2.32. The van der Waals surface area contributed by atoms with Crippen molar-refractivity contribution in [1.82, 2.24) is 19.8 Å². The number of rotatable bonds is 5. The van der Waals surface area contributed by atoms with Crippen LogP contribution in [0.15, 0.2) is 41.2 Å². The summed E-state index contributed by atoms with van der Waals surface area (Å²) in [7, 11) is 4.20. The van der Waals surface area contributed by atoms with Crippen molar-refractivity contribution in [2.75, 3.05) is 19.4 Å². The molecule has 0 spiro atoms. The molecule has 0 radical (unpaired) electrons. The third-order valence-electron chi connectivity index (χ3n) is 6.29. The summed E-state index contributed by atoms with van der Waals surface area (Å²) in [4.78, 5) is 30.1. The topological polar surface area (TPSA) is 82.2 Å². The van der Waals surface area contributed by atoms with Crippen LogP contribution in [0.25, 0.3) is 11.0 Å². The quantitative estimate of drug-likeness (QED) is 0.500. The number of fused-ring (bicyclic) bond motifs is 1. The SMILES string of the molecule is CNC1CCC(N(C)Cc2ccc(NC(=O)n3c(=O)[nH]c4cc(Cl)c(Cl)cc43)cc2)CC1. The highest BCUT2D eigenvalue weighted by Gasteiger charge is 2.23. The fraction of sp³-hybridized carbons (Fsp3) is 0.391. The lowest BCUT2D eigenvalue weighted by Crippen LogP contribution is -2.39. The van der Waals surface area contributed by atoms with Gasteiger partial charge in [-0.05, 0) is 69.6 Å². The van der Waals surface area contributed by atoms with Crippen molar-refractivity contribution in [2.45, 2.75) is 44.3 Å². The summed E-state index contributed by atoms with van der Waals surface area (Å²) < 4.78 is 1.01. The molecule has 1 aliphatic carbocycles. The van der Waals surface area contributed by atoms with Crippen LogP contribution in [0.1, 0.15) is 31.2 Å². The van der Waals surface area contributed by atoms with Crippen molar-refractivity contribution in [3.8, 4) is 0 Å². The van der Waals surface area contributed by atoms with Gasteiger partial charge in [-0.3, -0.25) is 4.90 Å². The zero-order valence-corrected chi connectivity index (χ0v) is 19.6. The molecule has 3 N–H and O–H groups in total. The maximum atomic E-state index is 12.8. The third kappa shape index (κ3) is 4.86. The summed E-state index contributed by atoms with van der Waals surface area (Å²) in [6.07, 6.45) is 4.82. The van der Waals surface area contributed by atoms with Crippen molar-refractivity contribution in [3.63, 3.8) is 0 Å². The smallest absolute Gasteiger partial charge is 0.317 e. The number of anilines is 1. The molecule has 3 aromatic rings. The summed E-state index contributed by atoms with van der Waals surface area (Å²) in [6, 6.07) is 11.4. The van der Waals surface area contributed by atoms with E-state index in [1.807, 2.05) is 31.3 Å². The number of carbonyl (C=O) groups is 1. The number of benzene rings is 2. The summed E-state index contributed by atoms with van der Waals surface area (Å²) in [5.74, 6) is 0. The van der Waals surface area contributed by atoms with E-state index in [2.05, 4.69) is 27.6 Å². The Morgan fingerprint density at radius 1 is 1.12 bits per heavy atom. The lowest BCUT2D eigenvalue weighted by Gasteiger charge is -2.34. The first-order chi connectivity index (χ1) is 15.4. The van der Waals surface area contributed by atoms with Gasteiger partial charge in [-0.15, -0.1) is 0 Å². The molecule has 0 bridgehead atoms. The van der Waals surface area contributed by atoms with Gasteiger partial charge in [-0.25, -0.2) is 14.2 Å². The zero-order chi connectivity index (χ0) is 22.8. The van der Waals surface area contributed by atoms with Crippen LogP contribution in [-0.4, -0.2) is 46.7 Å². The van der Waals surface area contributed by atoms with Gasteiger partial charge in [0, 0.05) is 24.3 Å². The molecule has 1 saturated carbocycles. The molecule has 0 saturated heterocycles. The van der Waals surface area contributed by atoms with E-state index in [4.69, 9.17) is 23.2 Å². The number of nitrogens with zero attached hydrogens (tertiary/aromatic N) is 2. The molecule has 1 fully saturated rings. The number of imidazole rings is 1. The summed E-state index contributed by atoms with van der Waals surface area (Å²) in [5, 5.41) is 6.73. The predicted molar refractivity (Wildman–Crippen MR) is 130 cm³/mol. The number of carbonyl (C=O) groups excluding carboxylic acids is 1. The van der Waals surface area contributed by atoms with Crippen LogP contribution in [0, 0.1) is 0 Å². The average molecular weight is 476 g/mol. The van der Waals surface area contributed by atoms with Gasteiger partial charge in [-0.2, -0.15) is 0 Å². The molecule has 1 amide bonds. The third-order valence-corrected chi connectivity index (χ3v) is 7.01. The molecule has 0 aliphatic heterocycles. The molecule has 0 atom stereocenters. The van der Waals surface area contributed by atoms with E-state index in [0.29, 0.717) is 33.8 Å². The minimum atomic E-state index is -0.564. The number of aromatic amines is 1. The maximum absolute atomic E-state index is 12.8. The fourth-order valence-corrected chi connectivity index (χ4v) is 4.72. The second kappa shape index (κ2) is 9.67. The van der Waals surface area contributed by atoms with E-state index >= 15 is 0 Å². The second-order valence-electron chi connectivity index (χ2n) is 8.39. The number of nitrogens with one attached hydrogen (secondary N) is 3. The van der Waals surface area contributed by atoms with Crippen LogP contribution >= 0.6 is 23.2 Å². The van der Waals surface area contributed by atoms with E-state index in [1.165, 1.54) is 43.4 Å². The second-order valence-corrected chi connectivity index (χ2v) is 9.20. The summed E-state index contributed by atoms with van der Waals surface area (Å²) in [5.41, 5.74) is 2.04. The molecular weight excluding hydrogens is 449 g/mol. The van der Waals surface area contributed by atoms with Crippen LogP contribution in [0.2, 0.25) is 10.0 Å². The number of aromatic nitrogens is 2. The molecule has 9 heteroatoms. The van der Waals surface area contributed by atoms with Gasteiger partial charge in [0.25, 0.3) is 0 Å². The van der Waals surface area contributed by atoms with Crippen molar-refractivity contribution in [3.05, 3.63) is 62.5 Å². The van der Waals surface area contributed by atoms with Gasteiger partial charge in [-0.1, -0.05) is 35.3 Å². The number of hydrogen-bond acceptors (Lipinski definition) is 4. The predicted octanol–water partition coefficient (Wildman–Crippen LogP) is 4.68. The fourth-order valence-electron chi connectivity index (χ4n) is 4.40. The average Bonchev–Trinajstić information content (AvgIpc) is 3.10. The Balaban J connectivity index is 1.41. The van der Waals surface area contributed by atoms with Crippen LogP contribution < -0.4 is 16.3 Å². The van der Waals surface area contributed by atoms with Crippen LogP contribution in [0.4, 0.5) is 10.5 Å². The first-order valence-electron chi connectivity index (χ1n) is 10.7.